The van der Waals surface area contributed by atoms with Crippen molar-refractivity contribution in [3.05, 3.63) is 30.1 Å². The van der Waals surface area contributed by atoms with Gasteiger partial charge in [0.2, 0.25) is 0 Å². The maximum Gasteiger partial charge on any atom is 0.485 e. The van der Waals surface area contributed by atoms with Gasteiger partial charge in [0, 0.05) is 25.0 Å². The van der Waals surface area contributed by atoms with Crippen LogP contribution in [-0.4, -0.2) is 18.5 Å². The number of rotatable bonds is 13. The van der Waals surface area contributed by atoms with Crippen molar-refractivity contribution in [1.82, 2.24) is 0 Å². The second-order valence-electron chi connectivity index (χ2n) is 7.22. The molecule has 0 amide bonds. The Morgan fingerprint density at radius 1 is 0.862 bits per heavy atom. The van der Waals surface area contributed by atoms with Crippen LogP contribution >= 0.6 is 0 Å². The van der Waals surface area contributed by atoms with Gasteiger partial charge in [0.1, 0.15) is 6.54 Å². The second kappa shape index (κ2) is 15.7. The fraction of sp³-hybridized carbons (Fsp3) is 0.762. The summed E-state index contributed by atoms with van der Waals surface area (Å²) in [7, 11) is -6.09. The summed E-state index contributed by atoms with van der Waals surface area (Å²) in [5.74, 6) is 0. The highest BCUT2D eigenvalue weighted by Crippen LogP contribution is 2.20. The topological polar surface area (TPSA) is 61.1 Å². The number of pyridine rings is 1. The highest BCUT2D eigenvalue weighted by Gasteiger charge is 2.36. The molecule has 8 heteroatoms. The van der Waals surface area contributed by atoms with Crippen molar-refractivity contribution in [3.63, 3.8) is 0 Å². The van der Waals surface area contributed by atoms with Crippen LogP contribution < -0.4 is 4.57 Å². The van der Waals surface area contributed by atoms with E-state index in [-0.39, 0.29) is 0 Å². The normalized spacial score (nSPS) is 11.8. The number of alkyl halides is 3. The van der Waals surface area contributed by atoms with Gasteiger partial charge in [-0.3, -0.25) is 0 Å². The highest BCUT2D eigenvalue weighted by molar-refractivity contribution is 7.86. The van der Waals surface area contributed by atoms with Crippen molar-refractivity contribution >= 4 is 10.1 Å². The number of hydrogen-bond acceptors (Lipinski definition) is 3. The first-order valence-corrected chi connectivity index (χ1v) is 12.0. The number of unbranched alkanes of at least 4 members (excludes halogenated alkanes) is 9. The molecule has 0 radical (unpaired) electrons. The maximum atomic E-state index is 10.7. The molecule has 0 saturated heterocycles. The molecule has 29 heavy (non-hydrogen) atoms. The molecule has 0 aliphatic rings. The molecule has 170 valence electrons. The first-order valence-electron chi connectivity index (χ1n) is 10.6. The molecule has 0 spiro atoms. The van der Waals surface area contributed by atoms with Crippen molar-refractivity contribution < 1.29 is 30.7 Å². The van der Waals surface area contributed by atoms with E-state index in [4.69, 9.17) is 13.0 Å². The van der Waals surface area contributed by atoms with Crippen LogP contribution in [0.5, 0.6) is 0 Å². The zero-order chi connectivity index (χ0) is 22.2. The molecule has 1 aromatic rings. The molecule has 1 rings (SSSR count). The van der Waals surface area contributed by atoms with E-state index in [0.29, 0.717) is 0 Å². The van der Waals surface area contributed by atoms with Crippen LogP contribution in [0.4, 0.5) is 13.2 Å². The van der Waals surface area contributed by atoms with E-state index in [1.54, 1.807) is 0 Å². The van der Waals surface area contributed by atoms with Crippen LogP contribution in [0.2, 0.25) is 0 Å². The standard InChI is InChI=1S/C20H36N.CHF3O3S/c1-3-5-7-8-9-10-11-12-14-18-21-19-15-13-17-20(21)16-6-4-2;2-1(3,4)8(5,6)7/h13,15,17,19H,3-12,14,16,18H2,1-2H3;(H,5,6,7)/q+1;/p-1. The number of nitrogens with zero attached hydrogens (tertiary/aromatic N) is 1. The summed E-state index contributed by atoms with van der Waals surface area (Å²) in [6, 6.07) is 6.64. The van der Waals surface area contributed by atoms with Crippen LogP contribution in [-0.2, 0) is 23.1 Å². The fourth-order valence-corrected chi connectivity index (χ4v) is 2.91. The van der Waals surface area contributed by atoms with E-state index in [1.807, 2.05) is 0 Å². The van der Waals surface area contributed by atoms with Crippen molar-refractivity contribution in [2.75, 3.05) is 0 Å². The van der Waals surface area contributed by atoms with Crippen molar-refractivity contribution in [1.29, 1.82) is 0 Å². The Morgan fingerprint density at radius 2 is 1.34 bits per heavy atom. The van der Waals surface area contributed by atoms with Gasteiger partial charge >= 0.3 is 5.51 Å². The molecule has 0 bridgehead atoms. The Balaban J connectivity index is 0.000000828. The van der Waals surface area contributed by atoms with E-state index >= 15 is 0 Å². The van der Waals surface area contributed by atoms with Crippen LogP contribution in [0, 0.1) is 0 Å². The molecule has 0 N–H and O–H groups in total. The Hall–Kier alpha value is -1.15. The number of hydrogen-bond donors (Lipinski definition) is 0. The molecule has 0 fully saturated rings. The predicted octanol–water partition coefficient (Wildman–Crippen LogP) is 5.90. The molecule has 1 aromatic heterocycles. The van der Waals surface area contributed by atoms with Gasteiger partial charge in [-0.2, -0.15) is 13.2 Å². The third kappa shape index (κ3) is 14.5. The summed E-state index contributed by atoms with van der Waals surface area (Å²) in [4.78, 5) is 0. The van der Waals surface area contributed by atoms with E-state index in [2.05, 4.69) is 42.8 Å². The largest absolute Gasteiger partial charge is 0.741 e. The zero-order valence-electron chi connectivity index (χ0n) is 17.7. The average Bonchev–Trinajstić information content (AvgIpc) is 2.65. The van der Waals surface area contributed by atoms with Crippen LogP contribution in [0.1, 0.15) is 90.2 Å². The molecule has 0 atom stereocenters. The predicted molar refractivity (Wildman–Crippen MR) is 108 cm³/mol. The van der Waals surface area contributed by atoms with Gasteiger partial charge < -0.3 is 4.55 Å². The van der Waals surface area contributed by atoms with Gasteiger partial charge in [0.25, 0.3) is 0 Å². The van der Waals surface area contributed by atoms with Gasteiger partial charge in [0.15, 0.2) is 22.0 Å². The van der Waals surface area contributed by atoms with E-state index in [9.17, 15) is 13.2 Å². The molecular formula is C21H36F3NO3S. The fourth-order valence-electron chi connectivity index (χ4n) is 2.91. The van der Waals surface area contributed by atoms with Crippen LogP contribution in [0.3, 0.4) is 0 Å². The third-order valence-electron chi connectivity index (χ3n) is 4.61. The molecule has 4 nitrogen and oxygen atoms in total. The quantitative estimate of drug-likeness (QED) is 0.166. The molecule has 0 aliphatic carbocycles. The number of aromatic nitrogens is 1. The number of halogens is 3. The van der Waals surface area contributed by atoms with Crippen molar-refractivity contribution in [2.45, 2.75) is 103 Å². The SMILES string of the molecule is CCCCCCCCCCC[n+]1ccccc1CCCC.O=S(=O)([O-])C(F)(F)F. The van der Waals surface area contributed by atoms with Crippen LogP contribution in [0.25, 0.3) is 0 Å². The summed E-state index contributed by atoms with van der Waals surface area (Å²) in [5, 5.41) is 0. The van der Waals surface area contributed by atoms with Crippen LogP contribution in [0.15, 0.2) is 24.4 Å². The minimum atomic E-state index is -6.09. The first kappa shape index (κ1) is 27.8. The lowest BCUT2D eigenvalue weighted by atomic mass is 10.1. The Morgan fingerprint density at radius 3 is 1.83 bits per heavy atom. The highest BCUT2D eigenvalue weighted by atomic mass is 32.2. The molecule has 1 heterocycles. The average molecular weight is 440 g/mol. The third-order valence-corrected chi connectivity index (χ3v) is 5.17. The minimum absolute atomic E-state index is 1.20. The van der Waals surface area contributed by atoms with Crippen molar-refractivity contribution in [2.24, 2.45) is 0 Å². The lowest BCUT2D eigenvalue weighted by Gasteiger charge is -2.08. The molecule has 0 aromatic carbocycles. The van der Waals surface area contributed by atoms with E-state index in [0.717, 1.165) is 0 Å². The molecular weight excluding hydrogens is 403 g/mol. The van der Waals surface area contributed by atoms with Crippen molar-refractivity contribution in [3.8, 4) is 0 Å². The zero-order valence-corrected chi connectivity index (χ0v) is 18.5. The smallest absolute Gasteiger partial charge is 0.485 e. The molecule has 0 saturated carbocycles. The summed E-state index contributed by atoms with van der Waals surface area (Å²) >= 11 is 0. The van der Waals surface area contributed by atoms with Gasteiger partial charge in [-0.15, -0.1) is 0 Å². The lowest BCUT2D eigenvalue weighted by Crippen LogP contribution is -2.37. The Labute approximate surface area is 174 Å². The monoisotopic (exact) mass is 439 g/mol. The summed E-state index contributed by atoms with van der Waals surface area (Å²) in [6.07, 6.45) is 18.8. The Kier molecular flexibility index (Phi) is 15.0. The first-order chi connectivity index (χ1) is 13.6. The molecule has 0 unspecified atom stereocenters. The van der Waals surface area contributed by atoms with Gasteiger partial charge in [0.05, 0.1) is 0 Å². The summed E-state index contributed by atoms with van der Waals surface area (Å²) in [5.41, 5.74) is -4.13. The van der Waals surface area contributed by atoms with E-state index in [1.165, 1.54) is 89.3 Å². The maximum absolute atomic E-state index is 10.7. The van der Waals surface area contributed by atoms with E-state index < -0.39 is 15.6 Å². The second-order valence-corrected chi connectivity index (χ2v) is 8.59. The Bertz CT molecular complexity index is 634. The van der Waals surface area contributed by atoms with Gasteiger partial charge in [-0.1, -0.05) is 71.3 Å². The summed E-state index contributed by atoms with van der Waals surface area (Å²) < 4.78 is 61.4. The van der Waals surface area contributed by atoms with Gasteiger partial charge in [-0.25, -0.2) is 13.0 Å². The number of aryl methyl sites for hydroxylation is 2. The lowest BCUT2D eigenvalue weighted by molar-refractivity contribution is -0.704. The molecule has 0 aliphatic heterocycles. The summed E-state index contributed by atoms with van der Waals surface area (Å²) in [6.45, 7) is 5.76. The minimum Gasteiger partial charge on any atom is -0.741 e. The van der Waals surface area contributed by atoms with Gasteiger partial charge in [-0.05, 0) is 12.8 Å².